The Hall–Kier alpha value is -3.28. The van der Waals surface area contributed by atoms with Crippen LogP contribution in [0, 0.1) is 5.92 Å². The molecule has 4 rings (SSSR count). The molecule has 1 saturated heterocycles. The Morgan fingerprint density at radius 3 is 2.35 bits per heavy atom. The molecule has 0 saturated carbocycles. The van der Waals surface area contributed by atoms with Crippen LogP contribution in [-0.2, 0) is 11.0 Å². The van der Waals surface area contributed by atoms with Gasteiger partial charge in [0.25, 0.3) is 0 Å². The van der Waals surface area contributed by atoms with Crippen LogP contribution in [0.2, 0.25) is 0 Å². The number of imidazole rings is 1. The smallest absolute Gasteiger partial charge is 0.385 e. The van der Waals surface area contributed by atoms with Gasteiger partial charge in [-0.3, -0.25) is 9.47 Å². The zero-order valence-electron chi connectivity index (χ0n) is 20.2. The number of para-hydroxylation sites is 1. The normalized spacial score (nSPS) is 16.6. The van der Waals surface area contributed by atoms with Crippen LogP contribution in [-0.4, -0.2) is 52.3 Å². The van der Waals surface area contributed by atoms with E-state index >= 15 is 0 Å². The van der Waals surface area contributed by atoms with Gasteiger partial charge in [-0.15, -0.1) is 0 Å². The van der Waals surface area contributed by atoms with Gasteiger partial charge in [0.2, 0.25) is 0 Å². The number of fused-ring (bicyclic) bond motifs is 1. The molecule has 1 aliphatic rings. The monoisotopic (exact) mass is 528 g/mol. The van der Waals surface area contributed by atoms with Crippen molar-refractivity contribution in [3.05, 3.63) is 48.0 Å². The van der Waals surface area contributed by atoms with Crippen molar-refractivity contribution in [2.45, 2.75) is 45.1 Å². The number of carbonyl (C=O) groups is 1. The third-order valence-corrected chi connectivity index (χ3v) is 6.51. The van der Waals surface area contributed by atoms with Crippen LogP contribution in [0.3, 0.4) is 0 Å². The number of carbonyl (C=O) groups excluding carboxylic acids is 1. The Balaban J connectivity index is 1.80. The average molecular weight is 528 g/mol. The molecule has 0 aliphatic carbocycles. The van der Waals surface area contributed by atoms with Gasteiger partial charge in [-0.1, -0.05) is 25.1 Å². The fourth-order valence-corrected chi connectivity index (χ4v) is 4.37. The summed E-state index contributed by atoms with van der Waals surface area (Å²) in [5, 5.41) is 3.05. The molecule has 1 fully saturated rings. The standard InChI is InChI=1S/C25H26F6N4O2/c1-15-8-10-34(11-9-15)16(2)14-32-19-12-17(24(26,27)28)13-20-21(19)35(18-6-4-3-5-7-18)23(33-20)37-22(36)25(29,30)31/h3-7,12-13,15-16,32H,8-11,14H2,1-2H3. The summed E-state index contributed by atoms with van der Waals surface area (Å²) in [4.78, 5) is 17.7. The molecule has 2 heterocycles. The van der Waals surface area contributed by atoms with Crippen molar-refractivity contribution < 1.29 is 35.9 Å². The van der Waals surface area contributed by atoms with E-state index in [0.717, 1.165) is 42.6 Å². The minimum atomic E-state index is -5.32. The lowest BCUT2D eigenvalue weighted by molar-refractivity contribution is -0.190. The Kier molecular flexibility index (Phi) is 7.40. The molecule has 2 aromatic carbocycles. The molecule has 6 nitrogen and oxygen atoms in total. The van der Waals surface area contributed by atoms with Crippen molar-refractivity contribution in [3.8, 4) is 11.7 Å². The van der Waals surface area contributed by atoms with Crippen molar-refractivity contribution in [2.75, 3.05) is 25.0 Å². The first-order valence-corrected chi connectivity index (χ1v) is 11.8. The van der Waals surface area contributed by atoms with Gasteiger partial charge in [-0.2, -0.15) is 31.3 Å². The van der Waals surface area contributed by atoms with Crippen molar-refractivity contribution in [2.24, 2.45) is 5.92 Å². The van der Waals surface area contributed by atoms with E-state index in [1.54, 1.807) is 18.2 Å². The van der Waals surface area contributed by atoms with E-state index in [0.29, 0.717) is 5.92 Å². The molecule has 200 valence electrons. The summed E-state index contributed by atoms with van der Waals surface area (Å²) in [7, 11) is 0. The summed E-state index contributed by atoms with van der Waals surface area (Å²) in [6.45, 7) is 6.14. The number of alkyl halides is 6. The third kappa shape index (κ3) is 6.00. The molecular weight excluding hydrogens is 502 g/mol. The maximum Gasteiger partial charge on any atom is 0.491 e. The molecule has 1 N–H and O–H groups in total. The Morgan fingerprint density at radius 1 is 1.11 bits per heavy atom. The van der Waals surface area contributed by atoms with Gasteiger partial charge in [-0.25, -0.2) is 4.79 Å². The van der Waals surface area contributed by atoms with Crippen LogP contribution in [0.25, 0.3) is 16.7 Å². The van der Waals surface area contributed by atoms with E-state index in [2.05, 4.69) is 26.9 Å². The van der Waals surface area contributed by atoms with Crippen LogP contribution in [0.1, 0.15) is 32.3 Å². The van der Waals surface area contributed by atoms with E-state index < -0.39 is 29.9 Å². The molecule has 1 aliphatic heterocycles. The first-order valence-electron chi connectivity index (χ1n) is 11.8. The van der Waals surface area contributed by atoms with Crippen LogP contribution in [0.5, 0.6) is 6.01 Å². The molecule has 12 heteroatoms. The highest BCUT2D eigenvalue weighted by Crippen LogP contribution is 2.38. The van der Waals surface area contributed by atoms with Crippen LogP contribution in [0.4, 0.5) is 32.0 Å². The van der Waals surface area contributed by atoms with Crippen LogP contribution in [0.15, 0.2) is 42.5 Å². The predicted octanol–water partition coefficient (Wildman–Crippen LogP) is 6.04. The van der Waals surface area contributed by atoms with E-state index in [9.17, 15) is 31.1 Å². The maximum absolute atomic E-state index is 13.7. The summed E-state index contributed by atoms with van der Waals surface area (Å²) in [5.74, 6) is -1.92. The zero-order chi connectivity index (χ0) is 27.0. The van der Waals surface area contributed by atoms with Crippen molar-refractivity contribution in [1.29, 1.82) is 0 Å². The number of anilines is 1. The second-order valence-corrected chi connectivity index (χ2v) is 9.29. The summed E-state index contributed by atoms with van der Waals surface area (Å²) in [5.41, 5.74) is -0.980. The highest BCUT2D eigenvalue weighted by Gasteiger charge is 2.42. The number of piperidine rings is 1. The number of halogens is 6. The second-order valence-electron chi connectivity index (χ2n) is 9.29. The van der Waals surface area contributed by atoms with Crippen molar-refractivity contribution in [3.63, 3.8) is 0 Å². The maximum atomic E-state index is 13.7. The number of esters is 1. The topological polar surface area (TPSA) is 59.4 Å². The molecule has 3 aromatic rings. The van der Waals surface area contributed by atoms with E-state index in [4.69, 9.17) is 0 Å². The minimum Gasteiger partial charge on any atom is -0.385 e. The molecule has 0 spiro atoms. The number of nitrogens with one attached hydrogen (secondary N) is 1. The predicted molar refractivity (Wildman–Crippen MR) is 126 cm³/mol. The minimum absolute atomic E-state index is 0.00714. The second kappa shape index (κ2) is 10.2. The lowest BCUT2D eigenvalue weighted by atomic mass is 9.98. The van der Waals surface area contributed by atoms with Crippen molar-refractivity contribution in [1.82, 2.24) is 14.5 Å². The average Bonchev–Trinajstić information content (AvgIpc) is 3.20. The van der Waals surface area contributed by atoms with Gasteiger partial charge in [-0.05, 0) is 63.0 Å². The largest absolute Gasteiger partial charge is 0.491 e. The van der Waals surface area contributed by atoms with E-state index in [-0.39, 0.29) is 35.0 Å². The number of aromatic nitrogens is 2. The lowest BCUT2D eigenvalue weighted by Gasteiger charge is -2.35. The lowest BCUT2D eigenvalue weighted by Crippen LogP contribution is -2.42. The molecular formula is C25H26F6N4O2. The summed E-state index contributed by atoms with van der Waals surface area (Å²) < 4.78 is 85.7. The highest BCUT2D eigenvalue weighted by atomic mass is 19.4. The highest BCUT2D eigenvalue weighted by molar-refractivity contribution is 5.93. The van der Waals surface area contributed by atoms with E-state index in [1.807, 2.05) is 6.92 Å². The molecule has 1 atom stereocenters. The van der Waals surface area contributed by atoms with Gasteiger partial charge in [0, 0.05) is 12.6 Å². The number of hydrogen-bond donors (Lipinski definition) is 1. The van der Waals surface area contributed by atoms with E-state index in [1.165, 1.54) is 12.1 Å². The van der Waals surface area contributed by atoms with Gasteiger partial charge in [0.15, 0.2) is 0 Å². The number of nitrogens with zero attached hydrogens (tertiary/aromatic N) is 3. The van der Waals surface area contributed by atoms with Gasteiger partial charge >= 0.3 is 24.3 Å². The van der Waals surface area contributed by atoms with Gasteiger partial charge < -0.3 is 10.1 Å². The summed E-state index contributed by atoms with van der Waals surface area (Å²) >= 11 is 0. The molecule has 37 heavy (non-hydrogen) atoms. The third-order valence-electron chi connectivity index (χ3n) is 6.51. The molecule has 0 bridgehead atoms. The quantitative estimate of drug-likeness (QED) is 0.312. The van der Waals surface area contributed by atoms with Crippen molar-refractivity contribution >= 4 is 22.7 Å². The number of likely N-dealkylation sites (tertiary alicyclic amines) is 1. The fourth-order valence-electron chi connectivity index (χ4n) is 4.37. The Morgan fingerprint density at radius 2 is 1.76 bits per heavy atom. The Labute approximate surface area is 209 Å². The van der Waals surface area contributed by atoms with Crippen LogP contribution < -0.4 is 10.1 Å². The number of hydrogen-bond acceptors (Lipinski definition) is 5. The number of ether oxygens (including phenoxy) is 1. The van der Waals surface area contributed by atoms with Gasteiger partial charge in [0.05, 0.1) is 28.0 Å². The fraction of sp³-hybridized carbons (Fsp3) is 0.440. The number of rotatable bonds is 6. The first-order chi connectivity index (χ1) is 17.3. The first kappa shape index (κ1) is 26.8. The van der Waals surface area contributed by atoms with Gasteiger partial charge in [0.1, 0.15) is 0 Å². The Bertz CT molecular complexity index is 1250. The zero-order valence-corrected chi connectivity index (χ0v) is 20.2. The molecule has 1 aromatic heterocycles. The van der Waals surface area contributed by atoms with Crippen LogP contribution >= 0.6 is 0 Å². The molecule has 1 unspecified atom stereocenters. The SMILES string of the molecule is CC1CCN(C(C)CNc2cc(C(F)(F)F)cc3nc(OC(=O)C(F)(F)F)n(-c4ccccc4)c23)CC1. The molecule has 0 radical (unpaired) electrons. The molecule has 0 amide bonds. The summed E-state index contributed by atoms with van der Waals surface area (Å²) in [6.07, 6.45) is -8.02. The number of benzene rings is 2. The summed E-state index contributed by atoms with van der Waals surface area (Å²) in [6, 6.07) is 8.68.